The average Bonchev–Trinajstić information content (AvgIpc) is 2.27. The van der Waals surface area contributed by atoms with Crippen molar-refractivity contribution >= 4 is 27.9 Å². The van der Waals surface area contributed by atoms with Crippen LogP contribution in [0.15, 0.2) is 29.2 Å². The van der Waals surface area contributed by atoms with Gasteiger partial charge in [0, 0.05) is 16.2 Å². The van der Waals surface area contributed by atoms with Crippen LogP contribution in [-0.2, 0) is 9.84 Å². The number of hydrogen-bond donors (Lipinski definition) is 0. The highest BCUT2D eigenvalue weighted by Gasteiger charge is 2.28. The molecule has 1 aromatic rings. The lowest BCUT2D eigenvalue weighted by atomic mass is 10.2. The first-order valence-electron chi connectivity index (χ1n) is 5.66. The molecule has 0 amide bonds. The monoisotopic (exact) mass is 286 g/mol. The van der Waals surface area contributed by atoms with E-state index in [1.165, 1.54) is 11.8 Å². The largest absolute Gasteiger partial charge is 0.298 e. The Morgan fingerprint density at radius 1 is 1.28 bits per heavy atom. The lowest BCUT2D eigenvalue weighted by Crippen LogP contribution is -2.31. The number of thioether (sulfide) groups is 1. The van der Waals surface area contributed by atoms with Crippen LogP contribution in [0.3, 0.4) is 0 Å². The van der Waals surface area contributed by atoms with Gasteiger partial charge in [0.15, 0.2) is 9.84 Å². The van der Waals surface area contributed by atoms with Crippen molar-refractivity contribution in [2.75, 3.05) is 11.5 Å². The Hall–Kier alpha value is -0.810. The molecule has 0 bridgehead atoms. The first kappa shape index (κ1) is 15.2. The summed E-state index contributed by atoms with van der Waals surface area (Å²) in [5.41, 5.74) is 0.610. The van der Waals surface area contributed by atoms with Gasteiger partial charge in [0.1, 0.15) is 6.29 Å². The summed E-state index contributed by atoms with van der Waals surface area (Å²) < 4.78 is 23.1. The molecular weight excluding hydrogens is 268 g/mol. The van der Waals surface area contributed by atoms with Crippen LogP contribution >= 0.6 is 11.8 Å². The molecule has 18 heavy (non-hydrogen) atoms. The van der Waals surface area contributed by atoms with Crippen LogP contribution < -0.4 is 0 Å². The topological polar surface area (TPSA) is 51.2 Å². The van der Waals surface area contributed by atoms with Crippen molar-refractivity contribution in [3.05, 3.63) is 29.8 Å². The molecule has 0 saturated heterocycles. The fourth-order valence-electron chi connectivity index (χ4n) is 1.25. The van der Waals surface area contributed by atoms with E-state index in [1.54, 1.807) is 39.0 Å². The van der Waals surface area contributed by atoms with Crippen LogP contribution in [0.4, 0.5) is 0 Å². The summed E-state index contributed by atoms with van der Waals surface area (Å²) in [5.74, 6) is 0.647. The minimum atomic E-state index is -3.07. The minimum absolute atomic E-state index is 0.145. The van der Waals surface area contributed by atoms with Gasteiger partial charge in [0.25, 0.3) is 0 Å². The van der Waals surface area contributed by atoms with Gasteiger partial charge in [0.05, 0.1) is 10.5 Å². The maximum absolute atomic E-state index is 11.9. The van der Waals surface area contributed by atoms with Crippen molar-refractivity contribution in [3.63, 3.8) is 0 Å². The van der Waals surface area contributed by atoms with Crippen LogP contribution in [-0.4, -0.2) is 31.0 Å². The van der Waals surface area contributed by atoms with E-state index in [1.807, 2.05) is 6.07 Å². The zero-order valence-corrected chi connectivity index (χ0v) is 12.5. The first-order chi connectivity index (χ1) is 8.26. The fraction of sp³-hybridized carbons (Fsp3) is 0.462. The van der Waals surface area contributed by atoms with E-state index in [4.69, 9.17) is 0 Å². The van der Waals surface area contributed by atoms with Gasteiger partial charge in [-0.25, -0.2) is 8.42 Å². The molecule has 100 valence electrons. The second kappa shape index (κ2) is 5.89. The van der Waals surface area contributed by atoms with Crippen LogP contribution in [0.2, 0.25) is 0 Å². The predicted molar refractivity (Wildman–Crippen MR) is 76.1 cm³/mol. The molecule has 0 atom stereocenters. The number of benzene rings is 1. The van der Waals surface area contributed by atoms with E-state index in [-0.39, 0.29) is 5.75 Å². The van der Waals surface area contributed by atoms with Gasteiger partial charge in [-0.05, 0) is 32.9 Å². The van der Waals surface area contributed by atoms with E-state index in [0.717, 1.165) is 11.2 Å². The molecule has 0 unspecified atom stereocenters. The first-order valence-corrected chi connectivity index (χ1v) is 8.30. The Labute approximate surface area is 113 Å². The lowest BCUT2D eigenvalue weighted by Gasteiger charge is -2.18. The summed E-state index contributed by atoms with van der Waals surface area (Å²) >= 11 is 1.45. The highest BCUT2D eigenvalue weighted by atomic mass is 32.2. The number of sulfone groups is 1. The summed E-state index contributed by atoms with van der Waals surface area (Å²) in [6.45, 7) is 5.13. The molecule has 0 spiro atoms. The Kier molecular flexibility index (Phi) is 4.99. The smallest absolute Gasteiger partial charge is 0.156 e. The van der Waals surface area contributed by atoms with Crippen LogP contribution in [0.1, 0.15) is 31.1 Å². The molecule has 0 aromatic heterocycles. The van der Waals surface area contributed by atoms with Crippen molar-refractivity contribution in [3.8, 4) is 0 Å². The van der Waals surface area contributed by atoms with Gasteiger partial charge in [-0.2, -0.15) is 0 Å². The van der Waals surface area contributed by atoms with Crippen LogP contribution in [0, 0.1) is 0 Å². The number of aldehydes is 1. The van der Waals surface area contributed by atoms with E-state index in [0.29, 0.717) is 11.3 Å². The van der Waals surface area contributed by atoms with Gasteiger partial charge in [-0.15, -0.1) is 11.8 Å². The third kappa shape index (κ3) is 4.14. The maximum atomic E-state index is 11.9. The van der Waals surface area contributed by atoms with Gasteiger partial charge < -0.3 is 0 Å². The number of carbonyl (C=O) groups is 1. The summed E-state index contributed by atoms with van der Waals surface area (Å²) in [4.78, 5) is 11.5. The van der Waals surface area contributed by atoms with Crippen molar-refractivity contribution in [1.29, 1.82) is 0 Å². The third-order valence-electron chi connectivity index (χ3n) is 2.55. The molecule has 0 heterocycles. The molecule has 0 N–H and O–H groups in total. The van der Waals surface area contributed by atoms with Crippen LogP contribution in [0.5, 0.6) is 0 Å². The molecule has 0 saturated carbocycles. The zero-order chi connectivity index (χ0) is 13.8. The van der Waals surface area contributed by atoms with Gasteiger partial charge >= 0.3 is 0 Å². The molecule has 0 aliphatic rings. The molecule has 0 radical (unpaired) electrons. The molecule has 1 aromatic carbocycles. The molecule has 0 fully saturated rings. The number of hydrogen-bond acceptors (Lipinski definition) is 4. The maximum Gasteiger partial charge on any atom is 0.156 e. The average molecular weight is 286 g/mol. The standard InChI is InChI=1S/C13H18O3S2/c1-13(2,3)18(15,16)8-7-17-12-6-4-5-11(9-12)10-14/h4-6,9-10H,7-8H2,1-3H3. The molecule has 1 rings (SSSR count). The Bertz CT molecular complexity index is 513. The van der Waals surface area contributed by atoms with Gasteiger partial charge in [-0.3, -0.25) is 4.79 Å². The van der Waals surface area contributed by atoms with Crippen molar-refractivity contribution < 1.29 is 13.2 Å². The Morgan fingerprint density at radius 2 is 1.94 bits per heavy atom. The number of carbonyl (C=O) groups excluding carboxylic acids is 1. The summed E-state index contributed by atoms with van der Waals surface area (Å²) in [6, 6.07) is 7.16. The normalized spacial score (nSPS) is 12.4. The zero-order valence-electron chi connectivity index (χ0n) is 10.8. The van der Waals surface area contributed by atoms with Gasteiger partial charge in [0.2, 0.25) is 0 Å². The second-order valence-electron chi connectivity index (χ2n) is 4.97. The summed E-state index contributed by atoms with van der Waals surface area (Å²) in [7, 11) is -3.07. The SMILES string of the molecule is CC(C)(C)S(=O)(=O)CCSc1cccc(C=O)c1. The highest BCUT2D eigenvalue weighted by molar-refractivity contribution is 8.01. The number of rotatable bonds is 5. The van der Waals surface area contributed by atoms with Crippen molar-refractivity contribution in [1.82, 2.24) is 0 Å². The van der Waals surface area contributed by atoms with Crippen molar-refractivity contribution in [2.24, 2.45) is 0 Å². The quantitative estimate of drug-likeness (QED) is 0.617. The van der Waals surface area contributed by atoms with Crippen molar-refractivity contribution in [2.45, 2.75) is 30.4 Å². The molecule has 3 nitrogen and oxygen atoms in total. The third-order valence-corrected chi connectivity index (χ3v) is 6.41. The van der Waals surface area contributed by atoms with E-state index in [2.05, 4.69) is 0 Å². The second-order valence-corrected chi connectivity index (χ2v) is 9.00. The van der Waals surface area contributed by atoms with E-state index in [9.17, 15) is 13.2 Å². The van der Waals surface area contributed by atoms with Gasteiger partial charge in [-0.1, -0.05) is 12.1 Å². The van der Waals surface area contributed by atoms with E-state index < -0.39 is 14.6 Å². The molecule has 0 aliphatic carbocycles. The Balaban J connectivity index is 2.59. The fourth-order valence-corrected chi connectivity index (χ4v) is 3.71. The minimum Gasteiger partial charge on any atom is -0.298 e. The molecule has 0 aliphatic heterocycles. The molecule has 5 heteroatoms. The summed E-state index contributed by atoms with van der Waals surface area (Å²) in [6.07, 6.45) is 0.788. The van der Waals surface area contributed by atoms with Crippen LogP contribution in [0.25, 0.3) is 0 Å². The molecular formula is C13H18O3S2. The highest BCUT2D eigenvalue weighted by Crippen LogP contribution is 2.22. The summed E-state index contributed by atoms with van der Waals surface area (Å²) in [5, 5.41) is 0. The Morgan fingerprint density at radius 3 is 2.50 bits per heavy atom. The lowest BCUT2D eigenvalue weighted by molar-refractivity contribution is 0.112. The predicted octanol–water partition coefficient (Wildman–Crippen LogP) is 2.80. The van der Waals surface area contributed by atoms with E-state index >= 15 is 0 Å².